The first-order valence-electron chi connectivity index (χ1n) is 9.72. The van der Waals surface area contributed by atoms with Gasteiger partial charge in [0.05, 0.1) is 0 Å². The van der Waals surface area contributed by atoms with Crippen LogP contribution in [0.4, 0.5) is 0 Å². The monoisotopic (exact) mass is 354 g/mol. The number of benzene rings is 5. The Labute approximate surface area is 164 Å². The van der Waals surface area contributed by atoms with E-state index in [1.165, 1.54) is 55.3 Å². The van der Waals surface area contributed by atoms with E-state index in [0.29, 0.717) is 0 Å². The number of hydrogen-bond donors (Lipinski definition) is 0. The predicted molar refractivity (Wildman–Crippen MR) is 119 cm³/mol. The van der Waals surface area contributed by atoms with Gasteiger partial charge in [-0.3, -0.25) is 0 Å². The van der Waals surface area contributed by atoms with Crippen molar-refractivity contribution < 1.29 is 0 Å². The third kappa shape index (κ3) is 2.12. The van der Waals surface area contributed by atoms with Gasteiger partial charge in [-0.05, 0) is 55.3 Å². The zero-order valence-corrected chi connectivity index (χ0v) is 15.4. The Kier molecular flexibility index (Phi) is 3.27. The molecule has 0 heterocycles. The van der Waals surface area contributed by atoms with Gasteiger partial charge in [0, 0.05) is 0 Å². The molecule has 0 saturated heterocycles. The fourth-order valence-corrected chi connectivity index (χ4v) is 4.63. The summed E-state index contributed by atoms with van der Waals surface area (Å²) in [6, 6.07) is 39.5. The largest absolute Gasteiger partial charge is 0.0622 e. The molecule has 5 aromatic rings. The van der Waals surface area contributed by atoms with Crippen LogP contribution in [0.5, 0.6) is 0 Å². The van der Waals surface area contributed by atoms with Gasteiger partial charge in [0.2, 0.25) is 0 Å². The van der Waals surface area contributed by atoms with Crippen LogP contribution in [0.1, 0.15) is 0 Å². The Hall–Kier alpha value is -3.64. The first kappa shape index (κ1) is 15.4. The van der Waals surface area contributed by atoms with E-state index in [0.717, 1.165) is 0 Å². The van der Waals surface area contributed by atoms with Crippen molar-refractivity contribution in [3.05, 3.63) is 109 Å². The van der Waals surface area contributed by atoms with Crippen molar-refractivity contribution in [3.8, 4) is 44.5 Å². The van der Waals surface area contributed by atoms with E-state index >= 15 is 0 Å². The zero-order chi connectivity index (χ0) is 18.5. The third-order valence-electron chi connectivity index (χ3n) is 5.85. The summed E-state index contributed by atoms with van der Waals surface area (Å²) >= 11 is 0. The Morgan fingerprint density at radius 2 is 0.786 bits per heavy atom. The number of fused-ring (bicyclic) bond motifs is 3. The lowest BCUT2D eigenvalue weighted by molar-refractivity contribution is 1.60. The Morgan fingerprint density at radius 1 is 0.286 bits per heavy atom. The Bertz CT molecular complexity index is 1310. The molecule has 1 aliphatic rings. The van der Waals surface area contributed by atoms with Gasteiger partial charge in [-0.15, -0.1) is 0 Å². The Morgan fingerprint density at radius 3 is 1.50 bits per heavy atom. The summed E-state index contributed by atoms with van der Waals surface area (Å²) in [6.45, 7) is 0. The van der Waals surface area contributed by atoms with E-state index in [4.69, 9.17) is 0 Å². The van der Waals surface area contributed by atoms with Gasteiger partial charge in [-0.2, -0.15) is 0 Å². The molecule has 0 aliphatic heterocycles. The fraction of sp³-hybridized carbons (Fsp3) is 0. The maximum absolute atomic E-state index is 2.30. The lowest BCUT2D eigenvalue weighted by Crippen LogP contribution is -1.87. The van der Waals surface area contributed by atoms with E-state index in [1.54, 1.807) is 0 Å². The highest BCUT2D eigenvalue weighted by atomic mass is 14.3. The molecule has 0 radical (unpaired) electrons. The van der Waals surface area contributed by atoms with Crippen LogP contribution in [0.3, 0.4) is 0 Å². The molecule has 5 aromatic carbocycles. The first-order valence-corrected chi connectivity index (χ1v) is 9.72. The van der Waals surface area contributed by atoms with Crippen LogP contribution in [0.15, 0.2) is 109 Å². The summed E-state index contributed by atoms with van der Waals surface area (Å²) < 4.78 is 0. The molecular weight excluding hydrogens is 336 g/mol. The van der Waals surface area contributed by atoms with Crippen LogP contribution < -0.4 is 0 Å². The van der Waals surface area contributed by atoms with Crippen molar-refractivity contribution >= 4 is 10.8 Å². The van der Waals surface area contributed by atoms with Crippen LogP contribution in [0, 0.1) is 0 Å². The highest BCUT2D eigenvalue weighted by Crippen LogP contribution is 2.49. The van der Waals surface area contributed by atoms with E-state index in [9.17, 15) is 0 Å². The molecule has 0 spiro atoms. The summed E-state index contributed by atoms with van der Waals surface area (Å²) in [6.07, 6.45) is 0. The molecule has 0 unspecified atom stereocenters. The molecule has 0 N–H and O–H groups in total. The minimum absolute atomic E-state index is 1.25. The molecule has 0 saturated carbocycles. The van der Waals surface area contributed by atoms with Crippen molar-refractivity contribution in [2.45, 2.75) is 0 Å². The predicted octanol–water partition coefficient (Wildman–Crippen LogP) is 7.82. The van der Waals surface area contributed by atoms with Crippen LogP contribution in [0.25, 0.3) is 55.3 Å². The quantitative estimate of drug-likeness (QED) is 0.297. The molecule has 130 valence electrons. The van der Waals surface area contributed by atoms with Gasteiger partial charge in [0.25, 0.3) is 0 Å². The topological polar surface area (TPSA) is 0 Å². The normalized spacial score (nSPS) is 11.6. The standard InChI is InChI=1S/C28H18/c1-2-9-19(10-3-1)20-11-4-5-12-21(20)24-17-18-27-23-14-7-6-13-22(23)25-15-8-16-26(24)28(25)27/h1-18H. The molecule has 0 bridgehead atoms. The first-order chi connectivity index (χ1) is 13.9. The van der Waals surface area contributed by atoms with Crippen molar-refractivity contribution in [3.63, 3.8) is 0 Å². The molecule has 0 heteroatoms. The summed E-state index contributed by atoms with van der Waals surface area (Å²) in [5.41, 5.74) is 10.5. The smallest absolute Gasteiger partial charge is 0.00201 e. The molecule has 0 fully saturated rings. The van der Waals surface area contributed by atoms with Crippen molar-refractivity contribution in [2.75, 3.05) is 0 Å². The van der Waals surface area contributed by atoms with Gasteiger partial charge < -0.3 is 0 Å². The SMILES string of the molecule is c1ccc(-c2ccccc2-c2ccc3c4c(cccc24)-c2ccccc2-3)cc1. The third-order valence-corrected chi connectivity index (χ3v) is 5.85. The maximum Gasteiger partial charge on any atom is -0.00201 e. The Balaban J connectivity index is 1.67. The molecule has 1 aliphatic carbocycles. The molecule has 0 atom stereocenters. The van der Waals surface area contributed by atoms with Crippen LogP contribution >= 0.6 is 0 Å². The second-order valence-corrected chi connectivity index (χ2v) is 7.35. The van der Waals surface area contributed by atoms with Gasteiger partial charge >= 0.3 is 0 Å². The van der Waals surface area contributed by atoms with Gasteiger partial charge in [0.15, 0.2) is 0 Å². The minimum atomic E-state index is 1.25. The molecule has 0 amide bonds. The molecular formula is C28H18. The second-order valence-electron chi connectivity index (χ2n) is 7.35. The van der Waals surface area contributed by atoms with E-state index in [2.05, 4.69) is 109 Å². The second kappa shape index (κ2) is 5.94. The van der Waals surface area contributed by atoms with Crippen molar-refractivity contribution in [1.29, 1.82) is 0 Å². The summed E-state index contributed by atoms with van der Waals surface area (Å²) in [7, 11) is 0. The number of rotatable bonds is 2. The lowest BCUT2D eigenvalue weighted by Gasteiger charge is -2.14. The highest BCUT2D eigenvalue weighted by Gasteiger charge is 2.22. The average molecular weight is 354 g/mol. The maximum atomic E-state index is 2.30. The molecule has 6 rings (SSSR count). The van der Waals surface area contributed by atoms with E-state index in [1.807, 2.05) is 0 Å². The summed E-state index contributed by atoms with van der Waals surface area (Å²) in [4.78, 5) is 0. The molecule has 28 heavy (non-hydrogen) atoms. The van der Waals surface area contributed by atoms with Gasteiger partial charge in [0.1, 0.15) is 0 Å². The minimum Gasteiger partial charge on any atom is -0.0622 e. The fourth-order valence-electron chi connectivity index (χ4n) is 4.63. The van der Waals surface area contributed by atoms with Crippen molar-refractivity contribution in [2.24, 2.45) is 0 Å². The van der Waals surface area contributed by atoms with Crippen LogP contribution in [-0.2, 0) is 0 Å². The zero-order valence-electron chi connectivity index (χ0n) is 15.4. The van der Waals surface area contributed by atoms with Crippen LogP contribution in [0.2, 0.25) is 0 Å². The average Bonchev–Trinajstić information content (AvgIpc) is 3.11. The van der Waals surface area contributed by atoms with Crippen LogP contribution in [-0.4, -0.2) is 0 Å². The van der Waals surface area contributed by atoms with E-state index in [-0.39, 0.29) is 0 Å². The molecule has 0 nitrogen and oxygen atoms in total. The van der Waals surface area contributed by atoms with Gasteiger partial charge in [-0.25, -0.2) is 0 Å². The number of hydrogen-bond acceptors (Lipinski definition) is 0. The molecule has 0 aromatic heterocycles. The highest BCUT2D eigenvalue weighted by molar-refractivity contribution is 6.19. The summed E-state index contributed by atoms with van der Waals surface area (Å²) in [5.74, 6) is 0. The lowest BCUT2D eigenvalue weighted by atomic mass is 9.90. The van der Waals surface area contributed by atoms with Crippen molar-refractivity contribution in [1.82, 2.24) is 0 Å². The van der Waals surface area contributed by atoms with E-state index < -0.39 is 0 Å². The summed E-state index contributed by atoms with van der Waals surface area (Å²) in [5, 5.41) is 2.71. The van der Waals surface area contributed by atoms with Gasteiger partial charge in [-0.1, -0.05) is 109 Å².